The Balaban J connectivity index is 1.46. The molecule has 0 aliphatic carbocycles. The summed E-state index contributed by atoms with van der Waals surface area (Å²) < 4.78 is 0. The predicted octanol–water partition coefficient (Wildman–Crippen LogP) is 3.45. The van der Waals surface area contributed by atoms with Gasteiger partial charge in [0.25, 0.3) is 0 Å². The molecule has 4 heterocycles. The summed E-state index contributed by atoms with van der Waals surface area (Å²) in [6.07, 6.45) is 2.71. The van der Waals surface area contributed by atoms with Crippen LogP contribution in [-0.4, -0.2) is 46.6 Å². The van der Waals surface area contributed by atoms with Crippen molar-refractivity contribution in [1.29, 1.82) is 0 Å². The Kier molecular flexibility index (Phi) is 3.79. The van der Waals surface area contributed by atoms with Gasteiger partial charge in [0.15, 0.2) is 0 Å². The molecule has 4 fully saturated rings. The second kappa shape index (κ2) is 6.15. The number of rotatable bonds is 3. The normalized spacial score (nSPS) is 34.2. The summed E-state index contributed by atoms with van der Waals surface area (Å²) >= 11 is 0. The van der Waals surface area contributed by atoms with E-state index in [0.29, 0.717) is 23.8 Å². The first-order valence-corrected chi connectivity index (χ1v) is 9.60. The molecule has 1 N–H and O–H groups in total. The lowest BCUT2D eigenvalue weighted by Gasteiger charge is -2.51. The van der Waals surface area contributed by atoms with E-state index in [1.165, 1.54) is 37.1 Å². The minimum atomic E-state index is 0.355. The van der Waals surface area contributed by atoms with Crippen molar-refractivity contribution < 1.29 is 5.11 Å². The molecular formula is C22H26N2O. The van der Waals surface area contributed by atoms with Crippen molar-refractivity contribution in [2.75, 3.05) is 19.6 Å². The first-order valence-electron chi connectivity index (χ1n) is 9.60. The Morgan fingerprint density at radius 2 is 1.60 bits per heavy atom. The van der Waals surface area contributed by atoms with Crippen LogP contribution in [0.4, 0.5) is 0 Å². The van der Waals surface area contributed by atoms with Gasteiger partial charge in [-0.1, -0.05) is 42.5 Å². The molecule has 0 saturated carbocycles. The van der Waals surface area contributed by atoms with Crippen molar-refractivity contribution in [3.8, 4) is 5.75 Å². The Labute approximate surface area is 149 Å². The maximum atomic E-state index is 9.56. The zero-order chi connectivity index (χ0) is 16.8. The highest BCUT2D eigenvalue weighted by atomic mass is 16.3. The Bertz CT molecular complexity index is 721. The second-order valence-electron chi connectivity index (χ2n) is 7.97. The number of nitrogens with zero attached hydrogens (tertiary/aromatic N) is 2. The summed E-state index contributed by atoms with van der Waals surface area (Å²) in [5, 5.41) is 9.56. The van der Waals surface area contributed by atoms with E-state index in [4.69, 9.17) is 0 Å². The minimum absolute atomic E-state index is 0.355. The molecule has 6 rings (SSSR count). The van der Waals surface area contributed by atoms with E-state index in [1.807, 2.05) is 12.1 Å². The van der Waals surface area contributed by atoms with Crippen LogP contribution in [-0.2, 0) is 6.54 Å². The molecule has 0 radical (unpaired) electrons. The van der Waals surface area contributed by atoms with Gasteiger partial charge in [0, 0.05) is 31.1 Å². The lowest BCUT2D eigenvalue weighted by Crippen LogP contribution is -2.59. The fraction of sp³-hybridized carbons (Fsp3) is 0.455. The third-order valence-electron chi connectivity index (χ3n) is 6.64. The van der Waals surface area contributed by atoms with Gasteiger partial charge in [0.05, 0.1) is 0 Å². The van der Waals surface area contributed by atoms with Crippen molar-refractivity contribution in [2.45, 2.75) is 37.4 Å². The predicted molar refractivity (Wildman–Crippen MR) is 99.6 cm³/mol. The fourth-order valence-electron chi connectivity index (χ4n) is 5.55. The van der Waals surface area contributed by atoms with Crippen LogP contribution in [0.2, 0.25) is 0 Å². The number of aromatic hydroxyl groups is 1. The number of phenols is 1. The molecule has 0 spiro atoms. The number of hydrogen-bond acceptors (Lipinski definition) is 3. The van der Waals surface area contributed by atoms with Crippen LogP contribution in [0.1, 0.15) is 29.9 Å². The van der Waals surface area contributed by atoms with Crippen LogP contribution in [0.25, 0.3) is 0 Å². The van der Waals surface area contributed by atoms with Crippen LogP contribution in [0.15, 0.2) is 54.6 Å². The topological polar surface area (TPSA) is 26.7 Å². The molecule has 3 nitrogen and oxygen atoms in total. The molecule has 3 atom stereocenters. The van der Waals surface area contributed by atoms with Gasteiger partial charge < -0.3 is 5.11 Å². The summed E-state index contributed by atoms with van der Waals surface area (Å²) in [6.45, 7) is 4.70. The summed E-state index contributed by atoms with van der Waals surface area (Å²) in [5.74, 6) is 1.82. The highest BCUT2D eigenvalue weighted by molar-refractivity contribution is 5.29. The number of benzene rings is 2. The van der Waals surface area contributed by atoms with Crippen LogP contribution in [0, 0.1) is 5.92 Å². The van der Waals surface area contributed by atoms with Crippen molar-refractivity contribution in [3.05, 3.63) is 65.7 Å². The van der Waals surface area contributed by atoms with E-state index in [0.717, 1.165) is 19.0 Å². The molecule has 0 unspecified atom stereocenters. The largest absolute Gasteiger partial charge is 0.508 e. The van der Waals surface area contributed by atoms with Crippen LogP contribution < -0.4 is 0 Å². The monoisotopic (exact) mass is 334 g/mol. The smallest absolute Gasteiger partial charge is 0.115 e. The summed E-state index contributed by atoms with van der Waals surface area (Å²) in [7, 11) is 0. The molecule has 25 heavy (non-hydrogen) atoms. The zero-order valence-corrected chi connectivity index (χ0v) is 14.6. The zero-order valence-electron chi connectivity index (χ0n) is 14.6. The van der Waals surface area contributed by atoms with Gasteiger partial charge in [-0.3, -0.25) is 9.80 Å². The van der Waals surface area contributed by atoms with E-state index >= 15 is 0 Å². The molecule has 3 heteroatoms. The van der Waals surface area contributed by atoms with Crippen molar-refractivity contribution in [2.24, 2.45) is 5.92 Å². The molecule has 4 saturated heterocycles. The lowest BCUT2D eigenvalue weighted by molar-refractivity contribution is -0.00869. The molecule has 2 aromatic rings. The highest BCUT2D eigenvalue weighted by Gasteiger charge is 2.52. The summed E-state index contributed by atoms with van der Waals surface area (Å²) in [5.41, 5.74) is 2.81. The quantitative estimate of drug-likeness (QED) is 0.931. The van der Waals surface area contributed by atoms with Gasteiger partial charge in [-0.2, -0.15) is 0 Å². The number of likely N-dealkylation sites (tertiary alicyclic amines) is 1. The van der Waals surface area contributed by atoms with Crippen LogP contribution in [0.5, 0.6) is 5.75 Å². The molecule has 0 aromatic heterocycles. The molecule has 0 amide bonds. The highest BCUT2D eigenvalue weighted by Crippen LogP contribution is 2.46. The van der Waals surface area contributed by atoms with Crippen LogP contribution >= 0.6 is 0 Å². The van der Waals surface area contributed by atoms with E-state index in [2.05, 4.69) is 52.3 Å². The summed E-state index contributed by atoms with van der Waals surface area (Å²) in [6, 6.07) is 20.2. The molecule has 130 valence electrons. The molecule has 4 aliphatic heterocycles. The van der Waals surface area contributed by atoms with Crippen molar-refractivity contribution in [3.63, 3.8) is 0 Å². The number of hydrogen-bond donors (Lipinski definition) is 1. The van der Waals surface area contributed by atoms with E-state index in [9.17, 15) is 5.11 Å². The standard InChI is InChI=1S/C22H26N2O/c25-19-8-6-16(7-9-19)14-24-15-20(17-4-2-1-3-5-17)22-21(24)18-10-12-23(22)13-11-18/h1-9,18,20-22,25H,10-15H2/t20-,21+,22+/m1/s1. The third-order valence-corrected chi connectivity index (χ3v) is 6.64. The van der Waals surface area contributed by atoms with Gasteiger partial charge in [0.2, 0.25) is 0 Å². The van der Waals surface area contributed by atoms with Gasteiger partial charge in [-0.25, -0.2) is 0 Å². The van der Waals surface area contributed by atoms with Gasteiger partial charge in [-0.05, 0) is 55.1 Å². The van der Waals surface area contributed by atoms with E-state index in [-0.39, 0.29) is 0 Å². The van der Waals surface area contributed by atoms with Crippen molar-refractivity contribution >= 4 is 0 Å². The Morgan fingerprint density at radius 1 is 0.880 bits per heavy atom. The average molecular weight is 334 g/mol. The van der Waals surface area contributed by atoms with Crippen molar-refractivity contribution in [1.82, 2.24) is 9.80 Å². The molecule has 4 aliphatic rings. The number of piperidine rings is 3. The maximum Gasteiger partial charge on any atom is 0.115 e. The number of phenolic OH excluding ortho intramolecular Hbond substituents is 1. The lowest BCUT2D eigenvalue weighted by atomic mass is 9.75. The first kappa shape index (κ1) is 15.4. The molecular weight excluding hydrogens is 308 g/mol. The second-order valence-corrected chi connectivity index (χ2v) is 7.97. The Hall–Kier alpha value is -1.84. The minimum Gasteiger partial charge on any atom is -0.508 e. The van der Waals surface area contributed by atoms with E-state index in [1.54, 1.807) is 0 Å². The fourth-order valence-corrected chi connectivity index (χ4v) is 5.55. The van der Waals surface area contributed by atoms with Crippen LogP contribution in [0.3, 0.4) is 0 Å². The summed E-state index contributed by atoms with van der Waals surface area (Å²) in [4.78, 5) is 5.49. The van der Waals surface area contributed by atoms with Gasteiger partial charge in [0.1, 0.15) is 5.75 Å². The van der Waals surface area contributed by atoms with E-state index < -0.39 is 0 Å². The first-order chi connectivity index (χ1) is 12.3. The molecule has 2 aromatic carbocycles. The average Bonchev–Trinajstić information content (AvgIpc) is 3.07. The molecule has 2 bridgehead atoms. The third kappa shape index (κ3) is 2.66. The van der Waals surface area contributed by atoms with Gasteiger partial charge >= 0.3 is 0 Å². The SMILES string of the molecule is Oc1ccc(CN2C[C@H](c3ccccc3)[C@H]3[C@@H]2C2CCN3CC2)cc1. The Morgan fingerprint density at radius 3 is 2.32 bits per heavy atom. The van der Waals surface area contributed by atoms with Gasteiger partial charge in [-0.15, -0.1) is 0 Å². The maximum absolute atomic E-state index is 9.56. The number of fused-ring (bicyclic) bond motifs is 2.